The zero-order chi connectivity index (χ0) is 17.6. The van der Waals surface area contributed by atoms with Crippen LogP contribution in [-0.2, 0) is 11.3 Å². The number of benzene rings is 1. The van der Waals surface area contributed by atoms with Gasteiger partial charge in [-0.25, -0.2) is 0 Å². The lowest BCUT2D eigenvalue weighted by atomic mass is 10.1. The molecule has 1 heterocycles. The maximum absolute atomic E-state index is 12.5. The SMILES string of the molecule is CN=C(NCc1ccc(Cl)cc1)NC1CCN(C(=O)C2CCCC2)C1. The Morgan fingerprint density at radius 2 is 1.96 bits per heavy atom. The second-order valence-electron chi connectivity index (χ2n) is 6.95. The summed E-state index contributed by atoms with van der Waals surface area (Å²) in [6.07, 6.45) is 5.51. The minimum atomic E-state index is 0.265. The number of rotatable bonds is 4. The molecule has 2 fully saturated rings. The molecule has 1 unspecified atom stereocenters. The Balaban J connectivity index is 1.46. The van der Waals surface area contributed by atoms with Gasteiger partial charge in [0.2, 0.25) is 5.91 Å². The lowest BCUT2D eigenvalue weighted by molar-refractivity contribution is -0.134. The molecule has 1 aliphatic heterocycles. The number of hydrogen-bond donors (Lipinski definition) is 2. The molecule has 0 spiro atoms. The van der Waals surface area contributed by atoms with Crippen molar-refractivity contribution in [3.63, 3.8) is 0 Å². The molecule has 1 saturated heterocycles. The fourth-order valence-corrected chi connectivity index (χ4v) is 3.81. The summed E-state index contributed by atoms with van der Waals surface area (Å²) in [5.41, 5.74) is 1.15. The van der Waals surface area contributed by atoms with Crippen molar-refractivity contribution in [3.05, 3.63) is 34.9 Å². The molecule has 0 aromatic heterocycles. The summed E-state index contributed by atoms with van der Waals surface area (Å²) in [7, 11) is 1.77. The molecule has 136 valence electrons. The van der Waals surface area contributed by atoms with E-state index in [2.05, 4.69) is 15.6 Å². The number of hydrogen-bond acceptors (Lipinski definition) is 2. The Morgan fingerprint density at radius 3 is 2.64 bits per heavy atom. The van der Waals surface area contributed by atoms with Gasteiger partial charge < -0.3 is 15.5 Å². The molecule has 1 amide bonds. The highest BCUT2D eigenvalue weighted by Crippen LogP contribution is 2.27. The van der Waals surface area contributed by atoms with Gasteiger partial charge in [0.1, 0.15) is 0 Å². The van der Waals surface area contributed by atoms with Crippen LogP contribution in [0.25, 0.3) is 0 Å². The molecule has 1 aliphatic carbocycles. The van der Waals surface area contributed by atoms with Crippen LogP contribution in [0.3, 0.4) is 0 Å². The molecule has 1 aromatic rings. The normalized spacial score (nSPS) is 21.6. The molecule has 5 nitrogen and oxygen atoms in total. The second kappa shape index (κ2) is 8.56. The number of nitrogens with one attached hydrogen (secondary N) is 2. The van der Waals surface area contributed by atoms with E-state index in [4.69, 9.17) is 11.6 Å². The van der Waals surface area contributed by atoms with Gasteiger partial charge in [-0.15, -0.1) is 0 Å². The molecular formula is C19H27ClN4O. The van der Waals surface area contributed by atoms with Crippen molar-refractivity contribution in [1.82, 2.24) is 15.5 Å². The van der Waals surface area contributed by atoms with Crippen molar-refractivity contribution < 1.29 is 4.79 Å². The van der Waals surface area contributed by atoms with Gasteiger partial charge in [0.25, 0.3) is 0 Å². The van der Waals surface area contributed by atoms with E-state index >= 15 is 0 Å². The van der Waals surface area contributed by atoms with E-state index < -0.39 is 0 Å². The van der Waals surface area contributed by atoms with Crippen LogP contribution in [0.2, 0.25) is 5.02 Å². The monoisotopic (exact) mass is 362 g/mol. The van der Waals surface area contributed by atoms with Crippen molar-refractivity contribution in [3.8, 4) is 0 Å². The van der Waals surface area contributed by atoms with Crippen molar-refractivity contribution in [2.45, 2.75) is 44.7 Å². The lowest BCUT2D eigenvalue weighted by Crippen LogP contribution is -2.45. The number of carbonyl (C=O) groups is 1. The van der Waals surface area contributed by atoms with Crippen LogP contribution >= 0.6 is 11.6 Å². The highest BCUT2D eigenvalue weighted by Gasteiger charge is 2.32. The molecule has 3 rings (SSSR count). The maximum atomic E-state index is 12.5. The van der Waals surface area contributed by atoms with E-state index in [1.54, 1.807) is 7.05 Å². The topological polar surface area (TPSA) is 56.7 Å². The summed E-state index contributed by atoms with van der Waals surface area (Å²) in [6.45, 7) is 2.31. The maximum Gasteiger partial charge on any atom is 0.225 e. The Morgan fingerprint density at radius 1 is 1.24 bits per heavy atom. The number of carbonyl (C=O) groups excluding carboxylic acids is 1. The Bertz CT molecular complexity index is 610. The third-order valence-corrected chi connectivity index (χ3v) is 5.39. The van der Waals surface area contributed by atoms with E-state index in [0.29, 0.717) is 12.5 Å². The largest absolute Gasteiger partial charge is 0.352 e. The summed E-state index contributed by atoms with van der Waals surface area (Å²) in [6, 6.07) is 8.04. The van der Waals surface area contributed by atoms with Gasteiger partial charge >= 0.3 is 0 Å². The van der Waals surface area contributed by atoms with Gasteiger partial charge in [-0.3, -0.25) is 9.79 Å². The molecule has 1 aromatic carbocycles. The van der Waals surface area contributed by atoms with E-state index in [-0.39, 0.29) is 12.0 Å². The quantitative estimate of drug-likeness (QED) is 0.639. The van der Waals surface area contributed by atoms with E-state index in [9.17, 15) is 4.79 Å². The summed E-state index contributed by atoms with van der Waals surface area (Å²) >= 11 is 5.91. The van der Waals surface area contributed by atoms with E-state index in [0.717, 1.165) is 48.9 Å². The van der Waals surface area contributed by atoms with Crippen molar-refractivity contribution in [2.75, 3.05) is 20.1 Å². The number of guanidine groups is 1. The van der Waals surface area contributed by atoms with Crippen molar-refractivity contribution >= 4 is 23.5 Å². The zero-order valence-corrected chi connectivity index (χ0v) is 15.6. The number of halogens is 1. The molecular weight excluding hydrogens is 336 g/mol. The number of aliphatic imine (C=N–C) groups is 1. The average Bonchev–Trinajstić information content (AvgIpc) is 3.31. The predicted molar refractivity (Wildman–Crippen MR) is 102 cm³/mol. The molecule has 2 N–H and O–H groups in total. The smallest absolute Gasteiger partial charge is 0.225 e. The van der Waals surface area contributed by atoms with Crippen LogP contribution in [-0.4, -0.2) is 42.9 Å². The summed E-state index contributed by atoms with van der Waals surface area (Å²) < 4.78 is 0. The number of amides is 1. The van der Waals surface area contributed by atoms with Gasteiger partial charge in [-0.1, -0.05) is 36.6 Å². The van der Waals surface area contributed by atoms with Crippen LogP contribution in [0.15, 0.2) is 29.3 Å². The van der Waals surface area contributed by atoms with Crippen molar-refractivity contribution in [1.29, 1.82) is 0 Å². The van der Waals surface area contributed by atoms with Gasteiger partial charge in [0.15, 0.2) is 5.96 Å². The summed E-state index contributed by atoms with van der Waals surface area (Å²) in [5, 5.41) is 7.51. The van der Waals surface area contributed by atoms with Gasteiger partial charge in [0.05, 0.1) is 0 Å². The number of likely N-dealkylation sites (tertiary alicyclic amines) is 1. The fraction of sp³-hybridized carbons (Fsp3) is 0.579. The standard InChI is InChI=1S/C19H27ClN4O/c1-21-19(22-12-14-6-8-16(20)9-7-14)23-17-10-11-24(13-17)18(25)15-4-2-3-5-15/h6-9,15,17H,2-5,10-13H2,1H3,(H2,21,22,23). The average molecular weight is 363 g/mol. The van der Waals surface area contributed by atoms with Crippen LogP contribution in [0.5, 0.6) is 0 Å². The van der Waals surface area contributed by atoms with Crippen LogP contribution in [0, 0.1) is 5.92 Å². The Labute approximate surface area is 154 Å². The van der Waals surface area contributed by atoms with Gasteiger partial charge in [-0.05, 0) is 37.0 Å². The lowest BCUT2D eigenvalue weighted by Gasteiger charge is -2.21. The minimum Gasteiger partial charge on any atom is -0.352 e. The molecule has 25 heavy (non-hydrogen) atoms. The highest BCUT2D eigenvalue weighted by molar-refractivity contribution is 6.30. The summed E-state index contributed by atoms with van der Waals surface area (Å²) in [5.74, 6) is 1.39. The van der Waals surface area contributed by atoms with E-state index in [1.165, 1.54) is 12.8 Å². The molecule has 6 heteroatoms. The van der Waals surface area contributed by atoms with Gasteiger partial charge in [-0.2, -0.15) is 0 Å². The van der Waals surface area contributed by atoms with Crippen LogP contribution in [0.1, 0.15) is 37.7 Å². The van der Waals surface area contributed by atoms with Gasteiger partial charge in [0, 0.05) is 43.7 Å². The van der Waals surface area contributed by atoms with E-state index in [1.807, 2.05) is 29.2 Å². The third-order valence-electron chi connectivity index (χ3n) is 5.14. The molecule has 0 bridgehead atoms. The fourth-order valence-electron chi connectivity index (χ4n) is 3.69. The minimum absolute atomic E-state index is 0.265. The molecule has 2 aliphatic rings. The molecule has 0 radical (unpaired) electrons. The van der Waals surface area contributed by atoms with Crippen molar-refractivity contribution in [2.24, 2.45) is 10.9 Å². The summed E-state index contributed by atoms with van der Waals surface area (Å²) in [4.78, 5) is 18.9. The first-order valence-electron chi connectivity index (χ1n) is 9.16. The van der Waals surface area contributed by atoms with Crippen LogP contribution in [0.4, 0.5) is 0 Å². The second-order valence-corrected chi connectivity index (χ2v) is 7.38. The zero-order valence-electron chi connectivity index (χ0n) is 14.8. The third kappa shape index (κ3) is 4.88. The predicted octanol–water partition coefficient (Wildman–Crippen LogP) is 2.80. The Hall–Kier alpha value is -1.75. The first-order valence-corrected chi connectivity index (χ1v) is 9.54. The highest BCUT2D eigenvalue weighted by atomic mass is 35.5. The molecule has 1 saturated carbocycles. The number of nitrogens with zero attached hydrogens (tertiary/aromatic N) is 2. The first kappa shape index (κ1) is 18.1. The Kier molecular flexibility index (Phi) is 6.19. The molecule has 1 atom stereocenters. The van der Waals surface area contributed by atoms with Crippen LogP contribution < -0.4 is 10.6 Å². The first-order chi connectivity index (χ1) is 12.2.